The lowest BCUT2D eigenvalue weighted by Gasteiger charge is -2.21. The van der Waals surface area contributed by atoms with Gasteiger partial charge >= 0.3 is 0 Å². The summed E-state index contributed by atoms with van der Waals surface area (Å²) in [7, 11) is 1.93. The molecule has 0 heterocycles. The van der Waals surface area contributed by atoms with E-state index in [4.69, 9.17) is 15.4 Å². The number of halogens is 1. The van der Waals surface area contributed by atoms with Gasteiger partial charge in [-0.05, 0) is 19.8 Å². The molecule has 2 atom stereocenters. The molecule has 0 aliphatic heterocycles. The third-order valence-electron chi connectivity index (χ3n) is 2.63. The zero-order valence-electron chi connectivity index (χ0n) is 8.41. The van der Waals surface area contributed by atoms with E-state index in [1.165, 1.54) is 0 Å². The molecule has 0 bridgehead atoms. The van der Waals surface area contributed by atoms with Crippen LogP contribution in [0.1, 0.15) is 39.0 Å². The normalized spacial score (nSPS) is 29.9. The third-order valence-corrected chi connectivity index (χ3v) is 4.58. The van der Waals surface area contributed by atoms with Crippen molar-refractivity contribution in [2.75, 3.05) is 6.61 Å². The predicted octanol–water partition coefficient (Wildman–Crippen LogP) is 2.29. The number of hydrogen-bond acceptors (Lipinski definition) is 3. The molecule has 0 spiro atoms. The zero-order chi connectivity index (χ0) is 10.6. The highest BCUT2D eigenvalue weighted by atomic mass is 35.7. The zero-order valence-corrected chi connectivity index (χ0v) is 9.98. The molecule has 0 aromatic rings. The molecule has 5 heteroatoms. The van der Waals surface area contributed by atoms with E-state index in [2.05, 4.69) is 0 Å². The smallest absolute Gasteiger partial charge is 0.238 e. The lowest BCUT2D eigenvalue weighted by Crippen LogP contribution is -2.32. The first-order valence-corrected chi connectivity index (χ1v) is 7.48. The van der Waals surface area contributed by atoms with Crippen LogP contribution < -0.4 is 0 Å². The van der Waals surface area contributed by atoms with Gasteiger partial charge in [0.25, 0.3) is 0 Å². The molecule has 3 nitrogen and oxygen atoms in total. The molecule has 0 aromatic carbocycles. The molecule has 0 amide bonds. The lowest BCUT2D eigenvalue weighted by molar-refractivity contribution is 0.0551. The summed E-state index contributed by atoms with van der Waals surface area (Å²) in [6.45, 7) is 2.43. The molecule has 1 rings (SSSR count). The second-order valence-corrected chi connectivity index (χ2v) is 6.49. The molecule has 0 N–H and O–H groups in total. The SMILES string of the molecule is CCO[C@H]1CCCCC[C@H]1S(=O)(=O)Cl. The molecule has 1 saturated carbocycles. The Hall–Kier alpha value is 0.200. The Labute approximate surface area is 90.2 Å². The number of hydrogen-bond donors (Lipinski definition) is 0. The van der Waals surface area contributed by atoms with Crippen LogP contribution in [0.4, 0.5) is 0 Å². The second kappa shape index (κ2) is 5.33. The van der Waals surface area contributed by atoms with E-state index in [9.17, 15) is 8.42 Å². The monoisotopic (exact) mass is 240 g/mol. The van der Waals surface area contributed by atoms with Gasteiger partial charge in [-0.3, -0.25) is 0 Å². The van der Waals surface area contributed by atoms with E-state index in [-0.39, 0.29) is 6.10 Å². The van der Waals surface area contributed by atoms with E-state index in [1.807, 2.05) is 6.92 Å². The fourth-order valence-corrected chi connectivity index (χ4v) is 3.60. The molecular formula is C9H17ClO3S. The highest BCUT2D eigenvalue weighted by Gasteiger charge is 2.33. The van der Waals surface area contributed by atoms with Crippen LogP contribution in [0.3, 0.4) is 0 Å². The van der Waals surface area contributed by atoms with Crippen LogP contribution in [0, 0.1) is 0 Å². The Kier molecular flexibility index (Phi) is 4.67. The summed E-state index contributed by atoms with van der Waals surface area (Å²) >= 11 is 0. The molecule has 84 valence electrons. The van der Waals surface area contributed by atoms with Gasteiger partial charge in [0, 0.05) is 17.3 Å². The first-order chi connectivity index (χ1) is 6.55. The van der Waals surface area contributed by atoms with Crippen molar-refractivity contribution in [1.29, 1.82) is 0 Å². The maximum absolute atomic E-state index is 11.3. The summed E-state index contributed by atoms with van der Waals surface area (Å²) in [5, 5.41) is -0.508. The quantitative estimate of drug-likeness (QED) is 0.562. The summed E-state index contributed by atoms with van der Waals surface area (Å²) in [6, 6.07) is 0. The van der Waals surface area contributed by atoms with Crippen molar-refractivity contribution >= 4 is 19.7 Å². The molecule has 1 fully saturated rings. The van der Waals surface area contributed by atoms with Gasteiger partial charge in [0.2, 0.25) is 9.05 Å². The average molecular weight is 241 g/mol. The van der Waals surface area contributed by atoms with Crippen LogP contribution in [0.5, 0.6) is 0 Å². The van der Waals surface area contributed by atoms with Gasteiger partial charge in [0.05, 0.1) is 6.10 Å². The average Bonchev–Trinajstić information content (AvgIpc) is 2.29. The van der Waals surface area contributed by atoms with Crippen LogP contribution in [-0.4, -0.2) is 26.4 Å². The molecule has 1 aliphatic carbocycles. The minimum atomic E-state index is -3.47. The Balaban J connectivity index is 2.74. The summed E-state index contributed by atoms with van der Waals surface area (Å²) in [4.78, 5) is 0. The van der Waals surface area contributed by atoms with E-state index in [1.54, 1.807) is 0 Å². The van der Waals surface area contributed by atoms with Gasteiger partial charge in [-0.25, -0.2) is 8.42 Å². The van der Waals surface area contributed by atoms with Gasteiger partial charge < -0.3 is 4.74 Å². The molecular weight excluding hydrogens is 224 g/mol. The Bertz CT molecular complexity index is 263. The second-order valence-electron chi connectivity index (χ2n) is 3.65. The summed E-state index contributed by atoms with van der Waals surface area (Å²) in [6.07, 6.45) is 4.28. The van der Waals surface area contributed by atoms with Crippen molar-refractivity contribution < 1.29 is 13.2 Å². The van der Waals surface area contributed by atoms with Crippen molar-refractivity contribution in [3.63, 3.8) is 0 Å². The largest absolute Gasteiger partial charge is 0.377 e. The summed E-state index contributed by atoms with van der Waals surface area (Å²) in [5.74, 6) is 0. The predicted molar refractivity (Wildman–Crippen MR) is 57.1 cm³/mol. The molecule has 1 aliphatic rings. The van der Waals surface area contributed by atoms with Crippen molar-refractivity contribution in [3.8, 4) is 0 Å². The first-order valence-electron chi connectivity index (χ1n) is 5.10. The van der Waals surface area contributed by atoms with Crippen molar-refractivity contribution in [2.45, 2.75) is 50.4 Å². The van der Waals surface area contributed by atoms with E-state index >= 15 is 0 Å². The highest BCUT2D eigenvalue weighted by molar-refractivity contribution is 8.14. The molecule has 0 radical (unpaired) electrons. The minimum Gasteiger partial charge on any atom is -0.377 e. The van der Waals surface area contributed by atoms with Gasteiger partial charge in [-0.15, -0.1) is 0 Å². The Morgan fingerprint density at radius 2 is 1.93 bits per heavy atom. The van der Waals surface area contributed by atoms with E-state index in [0.717, 1.165) is 25.7 Å². The third kappa shape index (κ3) is 3.41. The molecule has 0 saturated heterocycles. The fraction of sp³-hybridized carbons (Fsp3) is 1.00. The topological polar surface area (TPSA) is 43.4 Å². The summed E-state index contributed by atoms with van der Waals surface area (Å²) < 4.78 is 28.1. The van der Waals surface area contributed by atoms with Crippen LogP contribution in [0.2, 0.25) is 0 Å². The number of ether oxygens (including phenoxy) is 1. The minimum absolute atomic E-state index is 0.204. The maximum Gasteiger partial charge on any atom is 0.238 e. The highest BCUT2D eigenvalue weighted by Crippen LogP contribution is 2.27. The van der Waals surface area contributed by atoms with Gasteiger partial charge in [0.15, 0.2) is 0 Å². The van der Waals surface area contributed by atoms with Crippen LogP contribution >= 0.6 is 10.7 Å². The summed E-state index contributed by atoms with van der Waals surface area (Å²) in [5.41, 5.74) is 0. The van der Waals surface area contributed by atoms with Gasteiger partial charge in [0.1, 0.15) is 5.25 Å². The number of rotatable bonds is 3. The van der Waals surface area contributed by atoms with Crippen molar-refractivity contribution in [2.24, 2.45) is 0 Å². The standard InChI is InChI=1S/C9H17ClO3S/c1-2-13-8-6-4-3-5-7-9(8)14(10,11)12/h8-9H,2-7H2,1H3/t8-,9+/m0/s1. The van der Waals surface area contributed by atoms with E-state index < -0.39 is 14.3 Å². The molecule has 14 heavy (non-hydrogen) atoms. The van der Waals surface area contributed by atoms with Crippen molar-refractivity contribution in [3.05, 3.63) is 0 Å². The molecule has 0 unspecified atom stereocenters. The Morgan fingerprint density at radius 3 is 2.50 bits per heavy atom. The lowest BCUT2D eigenvalue weighted by atomic mass is 10.1. The fourth-order valence-electron chi connectivity index (χ4n) is 1.97. The first kappa shape index (κ1) is 12.3. The van der Waals surface area contributed by atoms with Crippen LogP contribution in [0.15, 0.2) is 0 Å². The van der Waals surface area contributed by atoms with Crippen LogP contribution in [0.25, 0.3) is 0 Å². The van der Waals surface area contributed by atoms with Gasteiger partial charge in [-0.2, -0.15) is 0 Å². The maximum atomic E-state index is 11.3. The Morgan fingerprint density at radius 1 is 1.29 bits per heavy atom. The van der Waals surface area contributed by atoms with Crippen LogP contribution in [-0.2, 0) is 13.8 Å². The van der Waals surface area contributed by atoms with E-state index in [0.29, 0.717) is 13.0 Å². The van der Waals surface area contributed by atoms with Gasteiger partial charge in [-0.1, -0.05) is 19.3 Å². The molecule has 0 aromatic heterocycles. The van der Waals surface area contributed by atoms with Crippen molar-refractivity contribution in [1.82, 2.24) is 0 Å².